The van der Waals surface area contributed by atoms with Gasteiger partial charge in [0.2, 0.25) is 5.91 Å². The van der Waals surface area contributed by atoms with Crippen LogP contribution in [0, 0.1) is 0 Å². The third-order valence-electron chi connectivity index (χ3n) is 6.31. The fourth-order valence-corrected chi connectivity index (χ4v) is 4.57. The molecule has 0 heterocycles. The smallest absolute Gasteiger partial charge is 0.323 e. The molecule has 1 aliphatic carbocycles. The second-order valence-corrected chi connectivity index (χ2v) is 8.74. The average molecular weight is 503 g/mol. The molecule has 2 N–H and O–H groups in total. The van der Waals surface area contributed by atoms with Crippen LogP contribution in [-0.2, 0) is 38.4 Å². The van der Waals surface area contributed by atoms with Gasteiger partial charge in [-0.25, -0.2) is 0 Å². The van der Waals surface area contributed by atoms with Crippen LogP contribution in [0.4, 0.5) is 0 Å². The minimum Gasteiger partial charge on any atom is -0.480 e. The lowest BCUT2D eigenvalue weighted by atomic mass is 9.87. The lowest BCUT2D eigenvalue weighted by Gasteiger charge is -2.36. The Balaban J connectivity index is 0.00000432. The van der Waals surface area contributed by atoms with Crippen LogP contribution in [0.15, 0.2) is 54.6 Å². The van der Waals surface area contributed by atoms with Crippen molar-refractivity contribution in [3.8, 4) is 0 Å². The van der Waals surface area contributed by atoms with E-state index >= 15 is 0 Å². The number of ether oxygens (including phenoxy) is 1. The summed E-state index contributed by atoms with van der Waals surface area (Å²) in [5.41, 5.74) is 3.48. The molecule has 0 fully saturated rings. The first-order valence-corrected chi connectivity index (χ1v) is 11.9. The predicted molar refractivity (Wildman–Crippen MR) is 137 cm³/mol. The summed E-state index contributed by atoms with van der Waals surface area (Å²) in [6, 6.07) is 16.3. The molecular weight excluding hydrogens is 468 g/mol. The number of amides is 1. The molecule has 35 heavy (non-hydrogen) atoms. The van der Waals surface area contributed by atoms with E-state index in [1.165, 1.54) is 10.5 Å². The van der Waals surface area contributed by atoms with Gasteiger partial charge in [0.25, 0.3) is 0 Å². The average Bonchev–Trinajstić information content (AvgIpc) is 2.84. The van der Waals surface area contributed by atoms with Crippen molar-refractivity contribution in [1.29, 1.82) is 0 Å². The van der Waals surface area contributed by atoms with Crippen molar-refractivity contribution in [2.24, 2.45) is 0 Å². The van der Waals surface area contributed by atoms with Crippen LogP contribution in [0.25, 0.3) is 0 Å². The zero-order valence-electron chi connectivity index (χ0n) is 20.3. The summed E-state index contributed by atoms with van der Waals surface area (Å²) >= 11 is 0. The molecule has 1 aliphatic rings. The third kappa shape index (κ3) is 8.08. The molecule has 0 saturated heterocycles. The van der Waals surface area contributed by atoms with E-state index in [4.69, 9.17) is 4.74 Å². The molecule has 0 bridgehead atoms. The Hall–Kier alpha value is -2.90. The molecule has 0 spiro atoms. The Morgan fingerprint density at radius 3 is 2.40 bits per heavy atom. The highest BCUT2D eigenvalue weighted by Gasteiger charge is 2.33. The minimum atomic E-state index is -1.05. The van der Waals surface area contributed by atoms with Gasteiger partial charge < -0.3 is 14.7 Å². The molecule has 2 aromatic rings. The number of esters is 1. The number of rotatable bonds is 11. The second-order valence-electron chi connectivity index (χ2n) is 8.74. The Morgan fingerprint density at radius 2 is 1.74 bits per heavy atom. The molecule has 190 valence electrons. The molecule has 2 aromatic carbocycles. The van der Waals surface area contributed by atoms with Crippen molar-refractivity contribution in [2.75, 3.05) is 13.2 Å². The van der Waals surface area contributed by atoms with Crippen LogP contribution in [-0.4, -0.2) is 59.1 Å². The Morgan fingerprint density at radius 1 is 1.09 bits per heavy atom. The summed E-state index contributed by atoms with van der Waals surface area (Å²) in [5.74, 6) is -1.78. The van der Waals surface area contributed by atoms with E-state index in [2.05, 4.69) is 11.4 Å². The Kier molecular flexibility index (Phi) is 11.2. The van der Waals surface area contributed by atoms with Crippen LogP contribution >= 0.6 is 12.4 Å². The standard InChI is InChI=1S/C27H34N2O5.ClH/c1-3-34-27(33)24(16-13-20-9-5-4-6-10-20)28-19(2)26(32)29(18-25(30)31)23-15-14-21-11-7-8-12-22(21)17-23;/h4-12,19,23-24,28H,3,13-18H2,1-2H3,(H,30,31);1H/t19-,23?,24?;/m0./s1. The highest BCUT2D eigenvalue weighted by atomic mass is 35.5. The topological polar surface area (TPSA) is 95.9 Å². The van der Waals surface area contributed by atoms with Gasteiger partial charge in [-0.1, -0.05) is 54.6 Å². The van der Waals surface area contributed by atoms with E-state index in [1.54, 1.807) is 13.8 Å². The number of benzene rings is 2. The van der Waals surface area contributed by atoms with Gasteiger partial charge in [-0.3, -0.25) is 19.7 Å². The van der Waals surface area contributed by atoms with Crippen molar-refractivity contribution in [2.45, 2.75) is 64.1 Å². The van der Waals surface area contributed by atoms with Gasteiger partial charge in [0.15, 0.2) is 0 Å². The normalized spacial score (nSPS) is 16.2. The predicted octanol–water partition coefficient (Wildman–Crippen LogP) is 3.42. The van der Waals surface area contributed by atoms with Crippen molar-refractivity contribution in [3.63, 3.8) is 0 Å². The van der Waals surface area contributed by atoms with Gasteiger partial charge >= 0.3 is 11.9 Å². The number of aryl methyl sites for hydroxylation is 2. The van der Waals surface area contributed by atoms with Crippen LogP contribution < -0.4 is 5.32 Å². The van der Waals surface area contributed by atoms with E-state index in [9.17, 15) is 19.5 Å². The van der Waals surface area contributed by atoms with Crippen LogP contribution in [0.3, 0.4) is 0 Å². The number of halogens is 1. The molecule has 1 amide bonds. The second kappa shape index (κ2) is 13.9. The number of hydrogen-bond donors (Lipinski definition) is 2. The summed E-state index contributed by atoms with van der Waals surface area (Å²) in [5, 5.41) is 12.6. The zero-order valence-corrected chi connectivity index (χ0v) is 21.1. The summed E-state index contributed by atoms with van der Waals surface area (Å²) < 4.78 is 5.23. The highest BCUT2D eigenvalue weighted by Crippen LogP contribution is 2.25. The number of carboxylic acids is 1. The first kappa shape index (κ1) is 28.3. The minimum absolute atomic E-state index is 0. The van der Waals surface area contributed by atoms with Gasteiger partial charge in [0, 0.05) is 6.04 Å². The number of nitrogens with one attached hydrogen (secondary N) is 1. The van der Waals surface area contributed by atoms with E-state index < -0.39 is 24.0 Å². The molecule has 0 saturated carbocycles. The van der Waals surface area contributed by atoms with Crippen molar-refractivity contribution in [1.82, 2.24) is 10.2 Å². The van der Waals surface area contributed by atoms with Crippen molar-refractivity contribution in [3.05, 3.63) is 71.3 Å². The Labute approximate surface area is 213 Å². The van der Waals surface area contributed by atoms with E-state index in [0.29, 0.717) is 25.7 Å². The first-order valence-electron chi connectivity index (χ1n) is 11.9. The van der Waals surface area contributed by atoms with E-state index in [0.717, 1.165) is 17.5 Å². The maximum absolute atomic E-state index is 13.4. The summed E-state index contributed by atoms with van der Waals surface area (Å²) in [6.45, 7) is 3.31. The molecule has 2 unspecified atom stereocenters. The number of carboxylic acid groups (broad SMARTS) is 1. The van der Waals surface area contributed by atoms with Crippen molar-refractivity contribution >= 4 is 30.3 Å². The van der Waals surface area contributed by atoms with Gasteiger partial charge in [-0.05, 0) is 62.6 Å². The summed E-state index contributed by atoms with van der Waals surface area (Å²) in [6.07, 6.45) is 3.25. The monoisotopic (exact) mass is 502 g/mol. The molecule has 8 heteroatoms. The number of fused-ring (bicyclic) bond motifs is 1. The molecule has 0 aliphatic heterocycles. The van der Waals surface area contributed by atoms with Gasteiger partial charge in [-0.15, -0.1) is 12.4 Å². The lowest BCUT2D eigenvalue weighted by Crippen LogP contribution is -2.55. The maximum atomic E-state index is 13.4. The third-order valence-corrected chi connectivity index (χ3v) is 6.31. The number of hydrogen-bond acceptors (Lipinski definition) is 5. The molecule has 7 nitrogen and oxygen atoms in total. The largest absolute Gasteiger partial charge is 0.480 e. The maximum Gasteiger partial charge on any atom is 0.323 e. The summed E-state index contributed by atoms with van der Waals surface area (Å²) in [4.78, 5) is 39.1. The number of nitrogens with zero attached hydrogens (tertiary/aromatic N) is 1. The number of carbonyl (C=O) groups is 3. The van der Waals surface area contributed by atoms with Crippen molar-refractivity contribution < 1.29 is 24.2 Å². The molecule has 3 rings (SSSR count). The van der Waals surface area contributed by atoms with Crippen LogP contribution in [0.1, 0.15) is 43.4 Å². The quantitative estimate of drug-likeness (QED) is 0.457. The first-order chi connectivity index (χ1) is 16.4. The number of aliphatic carboxylic acids is 1. The van der Waals surface area contributed by atoms with Gasteiger partial charge in [0.05, 0.1) is 12.6 Å². The fourth-order valence-electron chi connectivity index (χ4n) is 4.57. The fraction of sp³-hybridized carbons (Fsp3) is 0.444. The molecule has 0 aromatic heterocycles. The van der Waals surface area contributed by atoms with Crippen LogP contribution in [0.2, 0.25) is 0 Å². The van der Waals surface area contributed by atoms with Gasteiger partial charge in [-0.2, -0.15) is 0 Å². The summed E-state index contributed by atoms with van der Waals surface area (Å²) in [7, 11) is 0. The lowest BCUT2D eigenvalue weighted by molar-refractivity contribution is -0.149. The SMILES string of the molecule is CCOC(=O)C(CCc1ccccc1)N[C@@H](C)C(=O)N(CC(=O)O)C1CCc2ccccc2C1.Cl. The van der Waals surface area contributed by atoms with Crippen LogP contribution in [0.5, 0.6) is 0 Å². The molecular formula is C27H35ClN2O5. The zero-order chi connectivity index (χ0) is 24.5. The molecule has 0 radical (unpaired) electrons. The molecule has 3 atom stereocenters. The van der Waals surface area contributed by atoms with E-state index in [1.807, 2.05) is 48.5 Å². The van der Waals surface area contributed by atoms with Gasteiger partial charge in [0.1, 0.15) is 12.6 Å². The van der Waals surface area contributed by atoms with E-state index in [-0.39, 0.29) is 37.5 Å². The number of carbonyl (C=O) groups excluding carboxylic acids is 2. The Bertz CT molecular complexity index is 985. The highest BCUT2D eigenvalue weighted by molar-refractivity contribution is 5.86.